The van der Waals surface area contributed by atoms with Gasteiger partial charge in [0.2, 0.25) is 15.9 Å². The Balaban J connectivity index is 1.92. The number of methoxy groups -OCH3 is 1. The van der Waals surface area contributed by atoms with Crippen LogP contribution in [0.15, 0.2) is 23.1 Å². The molecule has 2 fully saturated rings. The second-order valence-corrected chi connectivity index (χ2v) is 9.21. The van der Waals surface area contributed by atoms with E-state index >= 15 is 0 Å². The van der Waals surface area contributed by atoms with Crippen LogP contribution in [0.4, 0.5) is 0 Å². The summed E-state index contributed by atoms with van der Waals surface area (Å²) in [6.07, 6.45) is 3.45. The van der Waals surface area contributed by atoms with Crippen LogP contribution in [0.2, 0.25) is 5.02 Å². The van der Waals surface area contributed by atoms with E-state index in [0.717, 1.165) is 38.8 Å². The molecule has 1 aliphatic carbocycles. The molecular formula is C18H26ClN3O4S. The molecule has 1 saturated heterocycles. The van der Waals surface area contributed by atoms with Crippen molar-refractivity contribution < 1.29 is 17.9 Å². The quantitative estimate of drug-likeness (QED) is 0.765. The summed E-state index contributed by atoms with van der Waals surface area (Å²) in [5.74, 6) is 0.0741. The van der Waals surface area contributed by atoms with Crippen LogP contribution in [0.5, 0.6) is 5.75 Å². The van der Waals surface area contributed by atoms with Gasteiger partial charge in [0.25, 0.3) is 0 Å². The number of nitrogens with zero attached hydrogens (tertiary/aromatic N) is 2. The molecule has 0 bridgehead atoms. The number of piperazine rings is 1. The van der Waals surface area contributed by atoms with Crippen LogP contribution < -0.4 is 10.1 Å². The van der Waals surface area contributed by atoms with E-state index in [1.165, 1.54) is 17.5 Å². The number of carbonyl (C=O) groups is 1. The molecule has 27 heavy (non-hydrogen) atoms. The molecule has 0 unspecified atom stereocenters. The van der Waals surface area contributed by atoms with Gasteiger partial charge in [-0.05, 0) is 31.0 Å². The van der Waals surface area contributed by atoms with E-state index in [4.69, 9.17) is 16.3 Å². The predicted octanol–water partition coefficient (Wildman–Crippen LogP) is 1.71. The average molecular weight is 416 g/mol. The van der Waals surface area contributed by atoms with Crippen molar-refractivity contribution in [1.29, 1.82) is 0 Å². The number of benzene rings is 1. The Kier molecular flexibility index (Phi) is 6.62. The van der Waals surface area contributed by atoms with Crippen molar-refractivity contribution in [2.24, 2.45) is 0 Å². The molecule has 1 aromatic carbocycles. The van der Waals surface area contributed by atoms with E-state index in [9.17, 15) is 13.2 Å². The first-order valence-corrected chi connectivity index (χ1v) is 11.1. The normalized spacial score (nSPS) is 18.9. The van der Waals surface area contributed by atoms with E-state index in [0.29, 0.717) is 18.1 Å². The van der Waals surface area contributed by atoms with E-state index in [1.807, 2.05) is 0 Å². The average Bonchev–Trinajstić information content (AvgIpc) is 3.20. The summed E-state index contributed by atoms with van der Waals surface area (Å²) in [5, 5.41) is 3.51. The van der Waals surface area contributed by atoms with Crippen molar-refractivity contribution in [1.82, 2.24) is 14.5 Å². The van der Waals surface area contributed by atoms with Crippen molar-refractivity contribution in [2.45, 2.75) is 36.6 Å². The van der Waals surface area contributed by atoms with Gasteiger partial charge in [-0.3, -0.25) is 4.79 Å². The second-order valence-electron chi connectivity index (χ2n) is 6.91. The lowest BCUT2D eigenvalue weighted by atomic mass is 10.2. The third-order valence-electron chi connectivity index (χ3n) is 5.21. The van der Waals surface area contributed by atoms with Crippen LogP contribution >= 0.6 is 11.6 Å². The maximum atomic E-state index is 13.5. The first-order valence-electron chi connectivity index (χ1n) is 9.27. The smallest absolute Gasteiger partial charge is 0.247 e. The summed E-state index contributed by atoms with van der Waals surface area (Å²) in [7, 11) is -2.50. The Hall–Kier alpha value is -1.35. The van der Waals surface area contributed by atoms with Gasteiger partial charge in [-0.15, -0.1) is 0 Å². The second kappa shape index (κ2) is 8.77. The highest BCUT2D eigenvalue weighted by atomic mass is 35.5. The minimum Gasteiger partial charge on any atom is -0.495 e. The largest absolute Gasteiger partial charge is 0.495 e. The van der Waals surface area contributed by atoms with Gasteiger partial charge in [-0.2, -0.15) is 4.31 Å². The third kappa shape index (κ3) is 4.56. The SMILES string of the molecule is COc1ccc(Cl)cc1S(=O)(=O)N(CC(=O)N1CCNCC1)C1CCCC1. The van der Waals surface area contributed by atoms with Gasteiger partial charge in [-0.25, -0.2) is 8.42 Å². The summed E-state index contributed by atoms with van der Waals surface area (Å²) < 4.78 is 33.6. The Morgan fingerprint density at radius 1 is 1.30 bits per heavy atom. The molecule has 7 nitrogen and oxygen atoms in total. The Bertz CT molecular complexity index is 775. The maximum absolute atomic E-state index is 13.5. The number of carbonyl (C=O) groups excluding carboxylic acids is 1. The first kappa shape index (κ1) is 20.4. The molecule has 1 heterocycles. The zero-order valence-corrected chi connectivity index (χ0v) is 17.1. The molecule has 9 heteroatoms. The van der Waals surface area contributed by atoms with Crippen molar-refractivity contribution in [3.63, 3.8) is 0 Å². The lowest BCUT2D eigenvalue weighted by molar-refractivity contribution is -0.132. The zero-order chi connectivity index (χ0) is 19.4. The van der Waals surface area contributed by atoms with Gasteiger partial charge in [-0.1, -0.05) is 24.4 Å². The number of hydrogen-bond acceptors (Lipinski definition) is 5. The number of sulfonamides is 1. The van der Waals surface area contributed by atoms with E-state index in [-0.39, 0.29) is 29.1 Å². The molecule has 1 amide bonds. The predicted molar refractivity (Wildman–Crippen MR) is 104 cm³/mol. The summed E-state index contributed by atoms with van der Waals surface area (Å²) in [4.78, 5) is 14.5. The first-order chi connectivity index (χ1) is 12.9. The van der Waals surface area contributed by atoms with Crippen LogP contribution in [0.25, 0.3) is 0 Å². The van der Waals surface area contributed by atoms with Gasteiger partial charge in [0.15, 0.2) is 0 Å². The molecule has 0 radical (unpaired) electrons. The van der Waals surface area contributed by atoms with E-state index < -0.39 is 10.0 Å². The molecule has 0 aromatic heterocycles. The van der Waals surface area contributed by atoms with Gasteiger partial charge >= 0.3 is 0 Å². The molecular weight excluding hydrogens is 390 g/mol. The van der Waals surface area contributed by atoms with Gasteiger partial charge in [0.1, 0.15) is 10.6 Å². The Morgan fingerprint density at radius 2 is 1.96 bits per heavy atom. The standard InChI is InChI=1S/C18H26ClN3O4S/c1-26-16-7-6-14(19)12-17(16)27(24,25)22(15-4-2-3-5-15)13-18(23)21-10-8-20-9-11-21/h6-7,12,15,20H,2-5,8-11,13H2,1H3. The molecule has 150 valence electrons. The summed E-state index contributed by atoms with van der Waals surface area (Å²) >= 11 is 6.05. The summed E-state index contributed by atoms with van der Waals surface area (Å²) in [6.45, 7) is 2.49. The highest BCUT2D eigenvalue weighted by Gasteiger charge is 2.37. The molecule has 0 atom stereocenters. The topological polar surface area (TPSA) is 79.0 Å². The number of amides is 1. The van der Waals surface area contributed by atoms with Gasteiger partial charge in [0.05, 0.1) is 13.7 Å². The fourth-order valence-electron chi connectivity index (χ4n) is 3.73. The minimum atomic E-state index is -3.92. The molecule has 1 N–H and O–H groups in total. The van der Waals surface area contributed by atoms with Gasteiger partial charge in [0, 0.05) is 37.2 Å². The highest BCUT2D eigenvalue weighted by molar-refractivity contribution is 7.89. The highest BCUT2D eigenvalue weighted by Crippen LogP contribution is 2.34. The van der Waals surface area contributed by atoms with Crippen molar-refractivity contribution in [2.75, 3.05) is 39.8 Å². The molecule has 0 spiro atoms. The maximum Gasteiger partial charge on any atom is 0.247 e. The fraction of sp³-hybridized carbons (Fsp3) is 0.611. The fourth-order valence-corrected chi connectivity index (χ4v) is 5.78. The number of halogens is 1. The summed E-state index contributed by atoms with van der Waals surface area (Å²) in [6, 6.07) is 4.35. The van der Waals surface area contributed by atoms with Crippen LogP contribution in [-0.4, -0.2) is 69.4 Å². The molecule has 1 aromatic rings. The number of rotatable bonds is 6. The summed E-state index contributed by atoms with van der Waals surface area (Å²) in [5.41, 5.74) is 0. The third-order valence-corrected chi connectivity index (χ3v) is 7.36. The van der Waals surface area contributed by atoms with Crippen LogP contribution in [-0.2, 0) is 14.8 Å². The molecule has 1 aliphatic heterocycles. The minimum absolute atomic E-state index is 0.0116. The van der Waals surface area contributed by atoms with Crippen LogP contribution in [0, 0.1) is 0 Å². The van der Waals surface area contributed by atoms with Crippen molar-refractivity contribution in [3.05, 3.63) is 23.2 Å². The van der Waals surface area contributed by atoms with Crippen molar-refractivity contribution in [3.8, 4) is 5.75 Å². The number of nitrogens with one attached hydrogen (secondary N) is 1. The van der Waals surface area contributed by atoms with Crippen molar-refractivity contribution >= 4 is 27.5 Å². The lowest BCUT2D eigenvalue weighted by Crippen LogP contribution is -2.51. The Morgan fingerprint density at radius 3 is 2.59 bits per heavy atom. The number of hydrogen-bond donors (Lipinski definition) is 1. The lowest BCUT2D eigenvalue weighted by Gasteiger charge is -2.32. The monoisotopic (exact) mass is 415 g/mol. The van der Waals surface area contributed by atoms with Crippen LogP contribution in [0.3, 0.4) is 0 Å². The Labute approximate surface area is 165 Å². The molecule has 3 rings (SSSR count). The zero-order valence-electron chi connectivity index (χ0n) is 15.5. The molecule has 2 aliphatic rings. The van der Waals surface area contributed by atoms with Crippen LogP contribution in [0.1, 0.15) is 25.7 Å². The van der Waals surface area contributed by atoms with Gasteiger partial charge < -0.3 is 15.0 Å². The molecule has 1 saturated carbocycles. The van der Waals surface area contributed by atoms with E-state index in [2.05, 4.69) is 5.32 Å². The van der Waals surface area contributed by atoms with E-state index in [1.54, 1.807) is 17.0 Å². The number of ether oxygens (including phenoxy) is 1.